The molecule has 0 aromatic carbocycles. The van der Waals surface area contributed by atoms with Crippen molar-refractivity contribution in [2.45, 2.75) is 30.9 Å². The molecule has 0 radical (unpaired) electrons. The Kier molecular flexibility index (Phi) is 11.6. The number of rotatable bonds is 6. The van der Waals surface area contributed by atoms with E-state index >= 15 is 0 Å². The van der Waals surface area contributed by atoms with Gasteiger partial charge < -0.3 is 30.3 Å². The zero-order valence-corrected chi connectivity index (χ0v) is 15.8. The summed E-state index contributed by atoms with van der Waals surface area (Å²) >= 11 is 0. The van der Waals surface area contributed by atoms with Crippen LogP contribution in [0.4, 0.5) is 0 Å². The predicted octanol–water partition coefficient (Wildman–Crippen LogP) is -9.24. The monoisotopic (exact) mass is 279 g/mol. The van der Waals surface area contributed by atoms with Gasteiger partial charge in [-0.05, 0) is 19.3 Å². The Morgan fingerprint density at radius 2 is 1.88 bits per heavy atom. The van der Waals surface area contributed by atoms with Gasteiger partial charge in [0.05, 0.1) is 18.5 Å². The number of carbonyl (C=O) groups is 2. The van der Waals surface area contributed by atoms with E-state index in [-0.39, 0.29) is 122 Å². The molecule has 80 valence electrons. The number of carboxylic acids is 2. The average molecular weight is 279 g/mol. The summed E-state index contributed by atoms with van der Waals surface area (Å²) in [6, 6.07) is -1.05. The van der Waals surface area contributed by atoms with Crippen molar-refractivity contribution in [3.05, 3.63) is 0 Å². The summed E-state index contributed by atoms with van der Waals surface area (Å²) in [6.45, 7) is 0.135. The van der Waals surface area contributed by atoms with Gasteiger partial charge in [0.25, 0.3) is 0 Å². The van der Waals surface area contributed by atoms with Gasteiger partial charge in [0.2, 0.25) is 0 Å². The maximum Gasteiger partial charge on any atom is 1.00 e. The molecule has 1 fully saturated rings. The normalized spacial score (nSPS) is 23.6. The van der Waals surface area contributed by atoms with E-state index in [2.05, 4.69) is 0 Å². The molecule has 16 heavy (non-hydrogen) atoms. The number of hydrogen-bond acceptors (Lipinski definition) is 6. The molecule has 1 aliphatic rings. The number of ether oxygens (including phenoxy) is 1. The van der Waals surface area contributed by atoms with E-state index in [4.69, 9.17) is 10.5 Å². The molecule has 0 aliphatic carbocycles. The Morgan fingerprint density at radius 3 is 2.19 bits per heavy atom. The number of epoxide rings is 1. The van der Waals surface area contributed by atoms with Crippen LogP contribution in [0.2, 0.25) is 0 Å². The van der Waals surface area contributed by atoms with Crippen LogP contribution < -0.4 is 119 Å². The summed E-state index contributed by atoms with van der Waals surface area (Å²) in [5.41, 5.74) is 3.99. The molecule has 1 saturated heterocycles. The van der Waals surface area contributed by atoms with E-state index in [1.54, 1.807) is 0 Å². The van der Waals surface area contributed by atoms with Crippen molar-refractivity contribution in [1.82, 2.24) is 0 Å². The van der Waals surface area contributed by atoms with Crippen LogP contribution >= 0.6 is 0 Å². The first-order valence-electron chi connectivity index (χ1n) is 4.30. The second kappa shape index (κ2) is 9.10. The van der Waals surface area contributed by atoms with Crippen LogP contribution in [0.5, 0.6) is 0 Å². The third-order valence-electron chi connectivity index (χ3n) is 2.26. The molecule has 0 aromatic rings. The molecule has 0 amide bonds. The molecule has 6 nitrogen and oxygen atoms in total. The van der Waals surface area contributed by atoms with Crippen molar-refractivity contribution >= 4 is 11.9 Å². The van der Waals surface area contributed by atoms with Crippen LogP contribution in [0.3, 0.4) is 0 Å². The molecule has 2 atom stereocenters. The molecular weight excluding hydrogens is 268 g/mol. The number of hydrogen-bond donors (Lipinski definition) is 1. The quantitative estimate of drug-likeness (QED) is 0.381. The minimum Gasteiger partial charge on any atom is -0.548 e. The molecule has 1 aliphatic heterocycles. The van der Waals surface area contributed by atoms with Crippen LogP contribution in [0.25, 0.3) is 0 Å². The van der Waals surface area contributed by atoms with Crippen molar-refractivity contribution < 1.29 is 127 Å². The molecule has 8 heteroatoms. The predicted molar refractivity (Wildman–Crippen MR) is 40.5 cm³/mol. The molecular formula is C8H11K2NO5. The summed E-state index contributed by atoms with van der Waals surface area (Å²) in [6.07, 6.45) is 0.778. The summed E-state index contributed by atoms with van der Waals surface area (Å²) in [7, 11) is 0. The first-order chi connectivity index (χ1) is 6.48. The maximum absolute atomic E-state index is 10.5. The maximum atomic E-state index is 10.5. The van der Waals surface area contributed by atoms with Crippen LogP contribution in [0, 0.1) is 0 Å². The molecule has 2 unspecified atom stereocenters. The minimum atomic E-state index is -1.33. The first kappa shape index (κ1) is 20.5. The van der Waals surface area contributed by atoms with Crippen LogP contribution in [-0.2, 0) is 14.3 Å². The zero-order valence-electron chi connectivity index (χ0n) is 9.52. The van der Waals surface area contributed by atoms with E-state index in [9.17, 15) is 19.8 Å². The second-order valence-electron chi connectivity index (χ2n) is 3.39. The third-order valence-corrected chi connectivity index (χ3v) is 2.26. The Hall–Kier alpha value is 2.13. The van der Waals surface area contributed by atoms with Crippen molar-refractivity contribution in [2.24, 2.45) is 5.73 Å². The fourth-order valence-corrected chi connectivity index (χ4v) is 1.18. The van der Waals surface area contributed by atoms with Gasteiger partial charge >= 0.3 is 103 Å². The molecule has 0 bridgehead atoms. The molecule has 1 heterocycles. The van der Waals surface area contributed by atoms with Gasteiger partial charge in [0.1, 0.15) is 5.60 Å². The van der Waals surface area contributed by atoms with Gasteiger partial charge in [-0.2, -0.15) is 0 Å². The van der Waals surface area contributed by atoms with Gasteiger partial charge in [-0.1, -0.05) is 0 Å². The van der Waals surface area contributed by atoms with Crippen molar-refractivity contribution in [3.63, 3.8) is 0 Å². The van der Waals surface area contributed by atoms with Crippen LogP contribution in [0.1, 0.15) is 19.3 Å². The van der Waals surface area contributed by atoms with E-state index in [1.807, 2.05) is 0 Å². The summed E-state index contributed by atoms with van der Waals surface area (Å²) in [5, 5.41) is 20.7. The Morgan fingerprint density at radius 1 is 1.38 bits per heavy atom. The third kappa shape index (κ3) is 6.34. The van der Waals surface area contributed by atoms with Gasteiger partial charge in [-0.3, -0.25) is 0 Å². The van der Waals surface area contributed by atoms with Crippen molar-refractivity contribution in [2.75, 3.05) is 6.61 Å². The SMILES string of the molecule is NC(CCCC1(C(=O)[O-])CO1)C(=O)[O-].[K+].[K+]. The summed E-state index contributed by atoms with van der Waals surface area (Å²) in [5.74, 6) is -2.58. The second-order valence-corrected chi connectivity index (χ2v) is 3.39. The van der Waals surface area contributed by atoms with Crippen molar-refractivity contribution in [1.29, 1.82) is 0 Å². The fraction of sp³-hybridized carbons (Fsp3) is 0.750. The van der Waals surface area contributed by atoms with Crippen LogP contribution in [-0.4, -0.2) is 30.2 Å². The molecule has 1 rings (SSSR count). The van der Waals surface area contributed by atoms with Gasteiger partial charge in [-0.25, -0.2) is 0 Å². The average Bonchev–Trinajstić information content (AvgIpc) is 2.85. The minimum absolute atomic E-state index is 0. The fourth-order valence-electron chi connectivity index (χ4n) is 1.18. The van der Waals surface area contributed by atoms with E-state index in [0.29, 0.717) is 6.42 Å². The smallest absolute Gasteiger partial charge is 0.548 e. The first-order valence-corrected chi connectivity index (χ1v) is 4.30. The zero-order chi connectivity index (χ0) is 10.8. The summed E-state index contributed by atoms with van der Waals surface area (Å²) < 4.78 is 4.73. The number of carboxylic acid groups (broad SMARTS) is 2. The number of aliphatic carboxylic acids is 2. The molecule has 2 N–H and O–H groups in total. The summed E-state index contributed by atoms with van der Waals surface area (Å²) in [4.78, 5) is 20.7. The number of nitrogens with two attached hydrogens (primary N) is 1. The van der Waals surface area contributed by atoms with Gasteiger partial charge in [0, 0.05) is 6.04 Å². The Balaban J connectivity index is 0. The topological polar surface area (TPSA) is 119 Å². The Bertz CT molecular complexity index is 257. The van der Waals surface area contributed by atoms with Crippen molar-refractivity contribution in [3.8, 4) is 0 Å². The van der Waals surface area contributed by atoms with Crippen LogP contribution in [0.15, 0.2) is 0 Å². The van der Waals surface area contributed by atoms with E-state index < -0.39 is 23.6 Å². The largest absolute Gasteiger partial charge is 1.00 e. The standard InChI is InChI=1S/C8H13NO5.2K/c9-5(6(10)11)2-1-3-8(4-14-8)7(12)13;;/h5H,1-4,9H2,(H,10,11)(H,12,13);;/q;2*+1/p-2. The number of carbonyl (C=O) groups excluding carboxylic acids is 2. The molecule has 0 spiro atoms. The molecule has 0 aromatic heterocycles. The Labute approximate surface area is 178 Å². The van der Waals surface area contributed by atoms with E-state index in [1.165, 1.54) is 0 Å². The van der Waals surface area contributed by atoms with Gasteiger partial charge in [-0.15, -0.1) is 0 Å². The van der Waals surface area contributed by atoms with Gasteiger partial charge in [0.15, 0.2) is 0 Å². The van der Waals surface area contributed by atoms with E-state index in [0.717, 1.165) is 0 Å². The molecule has 0 saturated carbocycles.